The molecule has 1 aliphatic carbocycles. The molecule has 2 N–H and O–H groups in total. The second-order valence-electron chi connectivity index (χ2n) is 9.16. The normalized spacial score (nSPS) is 14.8. The smallest absolute Gasteiger partial charge is 0.328 e. The van der Waals surface area contributed by atoms with Gasteiger partial charge in [-0.2, -0.15) is 9.49 Å². The molecule has 4 nitrogen and oxygen atoms in total. The van der Waals surface area contributed by atoms with Gasteiger partial charge >= 0.3 is 5.97 Å². The fourth-order valence-corrected chi connectivity index (χ4v) is 5.36. The molecule has 1 fully saturated rings. The van der Waals surface area contributed by atoms with Crippen molar-refractivity contribution in [3.05, 3.63) is 101 Å². The standard InChI is InChI=1S/C30H27FN2O2S/c1-18-16-23(36-2)12-13-24(18)29(20-4-3-5-20)28(21-9-6-19(7-10-21)8-15-27(34)35)22-11-14-26-25(17-22)30(31)33-32-26/h6-17,20H,3-5H2,1-2H3,(H,32,33)(H,34,35). The largest absolute Gasteiger partial charge is 0.478 e. The van der Waals surface area contributed by atoms with Crippen molar-refractivity contribution in [2.75, 3.05) is 6.26 Å². The lowest BCUT2D eigenvalue weighted by Crippen LogP contribution is -2.16. The van der Waals surface area contributed by atoms with Crippen molar-refractivity contribution in [3.8, 4) is 0 Å². The lowest BCUT2D eigenvalue weighted by molar-refractivity contribution is -0.131. The Morgan fingerprint density at radius 2 is 1.83 bits per heavy atom. The molecule has 1 aromatic heterocycles. The molecule has 5 rings (SSSR count). The highest BCUT2D eigenvalue weighted by atomic mass is 32.2. The third kappa shape index (κ3) is 4.73. The molecule has 0 bridgehead atoms. The van der Waals surface area contributed by atoms with Crippen molar-refractivity contribution >= 4 is 45.9 Å². The van der Waals surface area contributed by atoms with Gasteiger partial charge in [-0.15, -0.1) is 11.8 Å². The molecule has 6 heteroatoms. The summed E-state index contributed by atoms with van der Waals surface area (Å²) in [7, 11) is 0. The van der Waals surface area contributed by atoms with Crippen LogP contribution in [-0.4, -0.2) is 27.5 Å². The zero-order valence-electron chi connectivity index (χ0n) is 20.2. The van der Waals surface area contributed by atoms with Gasteiger partial charge in [-0.1, -0.05) is 42.8 Å². The summed E-state index contributed by atoms with van der Waals surface area (Å²) >= 11 is 1.73. The second kappa shape index (κ2) is 10.2. The fourth-order valence-electron chi connectivity index (χ4n) is 4.86. The third-order valence-electron chi connectivity index (χ3n) is 6.92. The first-order chi connectivity index (χ1) is 17.4. The quantitative estimate of drug-likeness (QED) is 0.156. The molecule has 3 aromatic carbocycles. The Morgan fingerprint density at radius 3 is 2.47 bits per heavy atom. The Labute approximate surface area is 213 Å². The number of aromatic nitrogens is 2. The minimum atomic E-state index is -0.980. The van der Waals surface area contributed by atoms with Crippen LogP contribution in [0.1, 0.15) is 47.1 Å². The number of H-pyrrole nitrogens is 1. The summed E-state index contributed by atoms with van der Waals surface area (Å²) < 4.78 is 14.5. The van der Waals surface area contributed by atoms with Gasteiger partial charge in [0.2, 0.25) is 5.95 Å². The highest BCUT2D eigenvalue weighted by Gasteiger charge is 2.28. The van der Waals surface area contributed by atoms with E-state index in [0.29, 0.717) is 16.8 Å². The van der Waals surface area contributed by atoms with Gasteiger partial charge in [-0.3, -0.25) is 5.10 Å². The van der Waals surface area contributed by atoms with Gasteiger partial charge in [-0.05, 0) is 101 Å². The number of carboxylic acids is 1. The van der Waals surface area contributed by atoms with Crippen LogP contribution in [0.25, 0.3) is 28.1 Å². The van der Waals surface area contributed by atoms with E-state index in [1.807, 2.05) is 42.5 Å². The van der Waals surface area contributed by atoms with E-state index in [4.69, 9.17) is 5.11 Å². The number of nitrogens with zero attached hydrogens (tertiary/aromatic N) is 1. The number of hydrogen-bond donors (Lipinski definition) is 2. The number of carbonyl (C=O) groups is 1. The number of nitrogens with one attached hydrogen (secondary N) is 1. The second-order valence-corrected chi connectivity index (χ2v) is 10.0. The van der Waals surface area contributed by atoms with Gasteiger partial charge in [0, 0.05) is 11.0 Å². The predicted molar refractivity (Wildman–Crippen MR) is 145 cm³/mol. The highest BCUT2D eigenvalue weighted by molar-refractivity contribution is 7.98. The minimum absolute atomic E-state index is 0.412. The number of aromatic amines is 1. The Bertz CT molecular complexity index is 1500. The molecule has 0 aliphatic heterocycles. The van der Waals surface area contributed by atoms with Gasteiger partial charge in [-0.25, -0.2) is 4.79 Å². The molecule has 0 amide bonds. The number of hydrogen-bond acceptors (Lipinski definition) is 3. The molecular formula is C30H27FN2O2S. The van der Waals surface area contributed by atoms with Gasteiger partial charge in [0.25, 0.3) is 0 Å². The first kappa shape index (κ1) is 24.1. The fraction of sp³-hybridized carbons (Fsp3) is 0.200. The van der Waals surface area contributed by atoms with Crippen LogP contribution in [0, 0.1) is 18.8 Å². The Balaban J connectivity index is 1.76. The van der Waals surface area contributed by atoms with Crippen LogP contribution in [0.5, 0.6) is 0 Å². The first-order valence-electron chi connectivity index (χ1n) is 12.0. The number of fused-ring (bicyclic) bond motifs is 1. The van der Waals surface area contributed by atoms with Crippen molar-refractivity contribution in [2.45, 2.75) is 31.1 Å². The van der Waals surface area contributed by atoms with Crippen LogP contribution in [-0.2, 0) is 4.79 Å². The van der Waals surface area contributed by atoms with E-state index < -0.39 is 11.9 Å². The summed E-state index contributed by atoms with van der Waals surface area (Å²) in [6.45, 7) is 2.16. The van der Waals surface area contributed by atoms with Crippen LogP contribution < -0.4 is 0 Å². The van der Waals surface area contributed by atoms with Crippen LogP contribution in [0.3, 0.4) is 0 Å². The Hall–Kier alpha value is -3.64. The number of rotatable bonds is 7. The lowest BCUT2D eigenvalue weighted by atomic mass is 9.72. The zero-order valence-corrected chi connectivity index (χ0v) is 21.0. The third-order valence-corrected chi connectivity index (χ3v) is 7.65. The van der Waals surface area contributed by atoms with E-state index in [-0.39, 0.29) is 0 Å². The molecule has 0 radical (unpaired) electrons. The molecule has 0 saturated heterocycles. The van der Waals surface area contributed by atoms with Gasteiger partial charge in [0.05, 0.1) is 10.9 Å². The predicted octanol–water partition coefficient (Wildman–Crippen LogP) is 7.59. The summed E-state index contributed by atoms with van der Waals surface area (Å²) in [4.78, 5) is 12.2. The molecule has 182 valence electrons. The number of carboxylic acid groups (broad SMARTS) is 1. The molecule has 1 heterocycles. The number of aryl methyl sites for hydroxylation is 1. The maximum absolute atomic E-state index is 14.5. The summed E-state index contributed by atoms with van der Waals surface area (Å²) in [6, 6.07) is 20.3. The average Bonchev–Trinajstić information content (AvgIpc) is 3.22. The minimum Gasteiger partial charge on any atom is -0.478 e. The summed E-state index contributed by atoms with van der Waals surface area (Å²) in [5, 5.41) is 16.0. The molecule has 1 aliphatic rings. The van der Waals surface area contributed by atoms with Crippen LogP contribution in [0.4, 0.5) is 4.39 Å². The van der Waals surface area contributed by atoms with E-state index in [0.717, 1.165) is 41.2 Å². The maximum Gasteiger partial charge on any atom is 0.328 e. The van der Waals surface area contributed by atoms with Gasteiger partial charge in [0.15, 0.2) is 0 Å². The summed E-state index contributed by atoms with van der Waals surface area (Å²) in [5.41, 5.74) is 8.15. The monoisotopic (exact) mass is 498 g/mol. The topological polar surface area (TPSA) is 66.0 Å². The van der Waals surface area contributed by atoms with Crippen molar-refractivity contribution in [1.82, 2.24) is 10.2 Å². The van der Waals surface area contributed by atoms with Gasteiger partial charge < -0.3 is 5.11 Å². The van der Waals surface area contributed by atoms with Crippen LogP contribution in [0.15, 0.2) is 71.6 Å². The molecule has 0 spiro atoms. The molecule has 36 heavy (non-hydrogen) atoms. The number of benzene rings is 3. The number of halogens is 1. The Kier molecular flexibility index (Phi) is 6.79. The maximum atomic E-state index is 14.5. The molecule has 0 unspecified atom stereocenters. The van der Waals surface area contributed by atoms with E-state index in [1.54, 1.807) is 17.8 Å². The number of aliphatic carboxylic acids is 1. The van der Waals surface area contributed by atoms with Crippen molar-refractivity contribution in [2.24, 2.45) is 5.92 Å². The summed E-state index contributed by atoms with van der Waals surface area (Å²) in [6.07, 6.45) is 8.22. The molecular weight excluding hydrogens is 471 g/mol. The van der Waals surface area contributed by atoms with Gasteiger partial charge in [0.1, 0.15) is 0 Å². The number of allylic oxidation sites excluding steroid dienone is 1. The van der Waals surface area contributed by atoms with Crippen molar-refractivity contribution < 1.29 is 14.3 Å². The van der Waals surface area contributed by atoms with E-state index >= 15 is 0 Å². The first-order valence-corrected chi connectivity index (χ1v) is 13.2. The van der Waals surface area contributed by atoms with Crippen molar-refractivity contribution in [1.29, 1.82) is 0 Å². The zero-order chi connectivity index (χ0) is 25.2. The van der Waals surface area contributed by atoms with E-state index in [2.05, 4.69) is 41.6 Å². The molecule has 0 atom stereocenters. The van der Waals surface area contributed by atoms with Crippen molar-refractivity contribution in [3.63, 3.8) is 0 Å². The molecule has 1 saturated carbocycles. The van der Waals surface area contributed by atoms with E-state index in [1.165, 1.54) is 28.0 Å². The van der Waals surface area contributed by atoms with Crippen LogP contribution >= 0.6 is 11.8 Å². The lowest BCUT2D eigenvalue weighted by Gasteiger charge is -2.32. The van der Waals surface area contributed by atoms with Crippen LogP contribution in [0.2, 0.25) is 0 Å². The Morgan fingerprint density at radius 1 is 1.08 bits per heavy atom. The molecule has 4 aromatic rings. The summed E-state index contributed by atoms with van der Waals surface area (Å²) in [5.74, 6) is -1.01. The number of thioether (sulfide) groups is 1. The van der Waals surface area contributed by atoms with E-state index in [9.17, 15) is 9.18 Å². The highest BCUT2D eigenvalue weighted by Crippen LogP contribution is 2.46. The average molecular weight is 499 g/mol. The SMILES string of the molecule is CSc1ccc(C(=C(c2ccc(C=CC(=O)O)cc2)c2ccc3n[nH]c(F)c3c2)C2CCC2)c(C)c1.